The van der Waals surface area contributed by atoms with Crippen molar-refractivity contribution in [1.82, 2.24) is 0 Å². The molecule has 6 aromatic rings. The third-order valence-corrected chi connectivity index (χ3v) is 42.5. The summed E-state index contributed by atoms with van der Waals surface area (Å²) in [5.41, 5.74) is 15.0. The normalized spacial score (nSPS) is 13.1. The molecule has 1 aromatic heterocycles. The molecule has 0 unspecified atom stereocenters. The standard InChI is InChI=1S/C46H53OSi2.3C2H5.Sn/c1-29(2)48(30(3)4,31(5)6)21-18-40-42-24-35-15-13-14-16-36(35)25-43(42)41(19-22-49(32(7)8,33(9)10)34(11)12)45-27-39-28-46-37(17-20-47-46)23-38(39)26-44(40)45;3*1-2;/h13-17,23-34H,1-12H3;3*1H2,2H3;. The average Bonchev–Trinajstić information content (AvgIpc) is 3.56. The van der Waals surface area contributed by atoms with Crippen LogP contribution in [0.5, 0.6) is 0 Å². The summed E-state index contributed by atoms with van der Waals surface area (Å²) in [6.45, 7) is 36.2. The maximum atomic E-state index is 6.87. The predicted octanol–water partition coefficient (Wildman–Crippen LogP) is 15.9. The second kappa shape index (κ2) is 16.4. The van der Waals surface area contributed by atoms with Crippen molar-refractivity contribution < 1.29 is 4.42 Å². The van der Waals surface area contributed by atoms with E-state index in [2.05, 4.69) is 194 Å². The first kappa shape index (κ1) is 42.6. The molecule has 4 heteroatoms. The monoisotopic (exact) mass is 884 g/mol. The Morgan fingerprint density at radius 3 is 1.18 bits per heavy atom. The second-order valence-electron chi connectivity index (χ2n) is 18.9. The summed E-state index contributed by atoms with van der Waals surface area (Å²) in [4.78, 5) is 0. The van der Waals surface area contributed by atoms with E-state index in [-0.39, 0.29) is 0 Å². The van der Waals surface area contributed by atoms with Crippen LogP contribution >= 0.6 is 0 Å². The minimum absolute atomic E-state index is 0.550. The fraction of sp³-hybridized carbons (Fsp3) is 0.462. The van der Waals surface area contributed by atoms with Crippen LogP contribution in [0.3, 0.4) is 0 Å². The van der Waals surface area contributed by atoms with E-state index in [4.69, 9.17) is 4.42 Å². The second-order valence-corrected chi connectivity index (χ2v) is 44.8. The van der Waals surface area contributed by atoms with Crippen molar-refractivity contribution in [1.29, 1.82) is 0 Å². The molecule has 0 aliphatic rings. The van der Waals surface area contributed by atoms with E-state index in [1.54, 1.807) is 0 Å². The molecule has 0 aliphatic heterocycles. The maximum absolute atomic E-state index is 6.87. The Labute approximate surface area is 345 Å². The Bertz CT molecular complexity index is 2320. The number of furan rings is 1. The number of rotatable bonds is 10. The fourth-order valence-electron chi connectivity index (χ4n) is 11.2. The molecule has 0 spiro atoms. The number of benzene rings is 5. The molecular weight excluding hydrogens is 815 g/mol. The van der Waals surface area contributed by atoms with Gasteiger partial charge in [0.15, 0.2) is 0 Å². The van der Waals surface area contributed by atoms with E-state index in [0.717, 1.165) is 11.1 Å². The van der Waals surface area contributed by atoms with E-state index in [1.807, 2.05) is 0 Å². The van der Waals surface area contributed by atoms with Gasteiger partial charge in [-0.25, -0.2) is 0 Å². The van der Waals surface area contributed by atoms with E-state index >= 15 is 0 Å². The van der Waals surface area contributed by atoms with Gasteiger partial charge in [0.05, 0.1) is 0 Å². The van der Waals surface area contributed by atoms with Crippen molar-refractivity contribution in [3.63, 3.8) is 0 Å². The first-order valence-electron chi connectivity index (χ1n) is 21.9. The van der Waals surface area contributed by atoms with Crippen LogP contribution in [-0.2, 0) is 0 Å². The van der Waals surface area contributed by atoms with Crippen LogP contribution in [0.15, 0.2) is 71.1 Å². The summed E-state index contributed by atoms with van der Waals surface area (Å²) in [5.74, 6) is 8.09. The SMILES string of the molecule is C[CH2][Sn]([CH2]C)([CH2]C)[c]1cc2cc3cc4c(C#C[Si](C(C)C)(C(C)C)C(C)C)c5cc6ccccc6cc5c(C#C[Si](C(C)C)(C(C)C)C(C)C)c4cc3cc2o1. The molecule has 1 heterocycles. The van der Waals surface area contributed by atoms with Gasteiger partial charge >= 0.3 is 253 Å². The van der Waals surface area contributed by atoms with Crippen LogP contribution in [-0.4, -0.2) is 34.5 Å². The molecule has 56 heavy (non-hydrogen) atoms. The summed E-state index contributed by atoms with van der Waals surface area (Å²) < 4.78 is 12.0. The molecule has 0 fully saturated rings. The van der Waals surface area contributed by atoms with Crippen molar-refractivity contribution in [2.45, 2.75) is 150 Å². The zero-order valence-corrected chi connectivity index (χ0v) is 42.2. The number of fused-ring (bicyclic) bond motifs is 5. The fourth-order valence-corrected chi connectivity index (χ4v) is 31.1. The van der Waals surface area contributed by atoms with Crippen LogP contribution in [0.25, 0.3) is 54.1 Å². The Hall–Kier alpha value is -2.97. The van der Waals surface area contributed by atoms with Crippen molar-refractivity contribution in [3.05, 3.63) is 77.9 Å². The topological polar surface area (TPSA) is 13.1 Å². The molecule has 0 saturated carbocycles. The van der Waals surface area contributed by atoms with Gasteiger partial charge in [-0.2, -0.15) is 0 Å². The van der Waals surface area contributed by atoms with Crippen LogP contribution < -0.4 is 3.78 Å². The number of hydrogen-bond acceptors (Lipinski definition) is 1. The molecule has 6 rings (SSSR count). The number of hydrogen-bond donors (Lipinski definition) is 0. The van der Waals surface area contributed by atoms with E-state index in [0.29, 0.717) is 33.2 Å². The van der Waals surface area contributed by atoms with Crippen LogP contribution in [0.4, 0.5) is 0 Å². The molecule has 0 saturated heterocycles. The Morgan fingerprint density at radius 1 is 0.464 bits per heavy atom. The van der Waals surface area contributed by atoms with Crippen LogP contribution in [0.1, 0.15) is 115 Å². The summed E-state index contributed by atoms with van der Waals surface area (Å²) >= 11 is -2.58. The van der Waals surface area contributed by atoms with Gasteiger partial charge in [-0.15, -0.1) is 0 Å². The van der Waals surface area contributed by atoms with Crippen molar-refractivity contribution in [3.8, 4) is 22.9 Å². The molecule has 0 radical (unpaired) electrons. The molecule has 1 nitrogen and oxygen atoms in total. The van der Waals surface area contributed by atoms with Gasteiger partial charge < -0.3 is 0 Å². The zero-order valence-electron chi connectivity index (χ0n) is 37.3. The van der Waals surface area contributed by atoms with Crippen molar-refractivity contribution >= 4 is 92.4 Å². The molecule has 0 atom stereocenters. The van der Waals surface area contributed by atoms with Gasteiger partial charge in [0, 0.05) is 0 Å². The molecule has 0 aliphatic carbocycles. The third-order valence-electron chi connectivity index (χ3n) is 14.7. The van der Waals surface area contributed by atoms with E-state index in [1.165, 1.54) is 71.1 Å². The Morgan fingerprint density at radius 2 is 0.821 bits per heavy atom. The van der Waals surface area contributed by atoms with Gasteiger partial charge in [0.2, 0.25) is 0 Å². The zero-order chi connectivity index (χ0) is 40.9. The first-order valence-corrected chi connectivity index (χ1v) is 33.8. The molecule has 0 bridgehead atoms. The van der Waals surface area contributed by atoms with Gasteiger partial charge in [-0.05, 0) is 0 Å². The van der Waals surface area contributed by atoms with Gasteiger partial charge in [0.25, 0.3) is 0 Å². The average molecular weight is 884 g/mol. The van der Waals surface area contributed by atoms with Crippen LogP contribution in [0.2, 0.25) is 46.6 Å². The van der Waals surface area contributed by atoms with Gasteiger partial charge in [-0.1, -0.05) is 95.2 Å². The Balaban J connectivity index is 1.83. The molecule has 5 aromatic carbocycles. The Kier molecular flexibility index (Phi) is 12.4. The quantitative estimate of drug-likeness (QED) is 0.0759. The third kappa shape index (κ3) is 7.01. The molecule has 0 amide bonds. The van der Waals surface area contributed by atoms with Crippen LogP contribution in [0, 0.1) is 22.9 Å². The van der Waals surface area contributed by atoms with Crippen molar-refractivity contribution in [2.75, 3.05) is 0 Å². The van der Waals surface area contributed by atoms with Gasteiger partial charge in [-0.3, -0.25) is 0 Å². The van der Waals surface area contributed by atoms with Gasteiger partial charge in [0.1, 0.15) is 0 Å². The summed E-state index contributed by atoms with van der Waals surface area (Å²) in [7, 11) is -4.08. The summed E-state index contributed by atoms with van der Waals surface area (Å²) in [5, 5.41) is 11.1. The first-order chi connectivity index (χ1) is 26.5. The molecule has 0 N–H and O–H groups in total. The molecular formula is C52H68OSi2Sn. The van der Waals surface area contributed by atoms with Crippen molar-refractivity contribution in [2.24, 2.45) is 0 Å². The minimum atomic E-state index is -2.58. The predicted molar refractivity (Wildman–Crippen MR) is 259 cm³/mol. The molecule has 294 valence electrons. The summed E-state index contributed by atoms with van der Waals surface area (Å²) in [6.07, 6.45) is 0. The van der Waals surface area contributed by atoms with E-state index < -0.39 is 34.5 Å². The summed E-state index contributed by atoms with van der Waals surface area (Å²) in [6, 6.07) is 25.7. The van der Waals surface area contributed by atoms with E-state index in [9.17, 15) is 0 Å².